The number of para-hydroxylation sites is 2. The highest BCUT2D eigenvalue weighted by Gasteiger charge is 2.12. The topological polar surface area (TPSA) is 77.7 Å². The van der Waals surface area contributed by atoms with E-state index in [0.29, 0.717) is 11.4 Å². The van der Waals surface area contributed by atoms with Crippen LogP contribution < -0.4 is 14.9 Å². The number of methoxy groups -OCH3 is 1. The van der Waals surface area contributed by atoms with E-state index in [0.717, 1.165) is 11.0 Å². The van der Waals surface area contributed by atoms with Crippen molar-refractivity contribution in [2.75, 3.05) is 7.11 Å². The fourth-order valence-corrected chi connectivity index (χ4v) is 2.67. The number of nitrogens with one attached hydrogen (secondary N) is 1. The molecule has 0 atom stereocenters. The molecular formula is C19H18F2N4O3. The lowest BCUT2D eigenvalue weighted by Gasteiger charge is -2.09. The van der Waals surface area contributed by atoms with Gasteiger partial charge in [0.2, 0.25) is 5.91 Å². The third-order valence-electron chi connectivity index (χ3n) is 4.01. The molecule has 0 aliphatic rings. The predicted molar refractivity (Wildman–Crippen MR) is 99.8 cm³/mol. The number of benzene rings is 2. The standard InChI is InChI=1S/C19H18F2N4O3/c1-25-14-6-4-3-5-13(14)23-17(25)10-18(26)24-22-11-12-7-8-15(28-19(20)21)16(9-12)27-2/h3-9,11,19H,10H2,1-2H3,(H,24,26). The Labute approximate surface area is 159 Å². The molecule has 3 aromatic rings. The van der Waals surface area contributed by atoms with Crippen molar-refractivity contribution in [2.24, 2.45) is 12.1 Å². The first-order chi connectivity index (χ1) is 13.5. The van der Waals surface area contributed by atoms with Crippen molar-refractivity contribution in [3.05, 3.63) is 53.9 Å². The summed E-state index contributed by atoms with van der Waals surface area (Å²) in [5.74, 6) is 0.333. The number of fused-ring (bicyclic) bond motifs is 1. The average molecular weight is 388 g/mol. The van der Waals surface area contributed by atoms with Gasteiger partial charge in [0.15, 0.2) is 11.5 Å². The molecule has 0 radical (unpaired) electrons. The third-order valence-corrected chi connectivity index (χ3v) is 4.01. The SMILES string of the molecule is COc1cc(C=NNC(=O)Cc2nc3ccccc3n2C)ccc1OC(F)F. The molecule has 0 saturated heterocycles. The highest BCUT2D eigenvalue weighted by atomic mass is 19.3. The number of hydrogen-bond acceptors (Lipinski definition) is 5. The van der Waals surface area contributed by atoms with Crippen molar-refractivity contribution in [3.8, 4) is 11.5 Å². The number of hydrazone groups is 1. The van der Waals surface area contributed by atoms with Crippen LogP contribution >= 0.6 is 0 Å². The maximum absolute atomic E-state index is 12.3. The van der Waals surface area contributed by atoms with E-state index in [2.05, 4.69) is 20.2 Å². The zero-order chi connectivity index (χ0) is 20.1. The highest BCUT2D eigenvalue weighted by molar-refractivity contribution is 5.84. The molecule has 1 N–H and O–H groups in total. The van der Waals surface area contributed by atoms with E-state index in [1.807, 2.05) is 35.9 Å². The molecule has 3 rings (SSSR count). The van der Waals surface area contributed by atoms with E-state index >= 15 is 0 Å². The Hall–Kier alpha value is -3.49. The molecule has 0 saturated carbocycles. The van der Waals surface area contributed by atoms with Crippen LogP contribution in [0.3, 0.4) is 0 Å². The highest BCUT2D eigenvalue weighted by Crippen LogP contribution is 2.28. The maximum Gasteiger partial charge on any atom is 0.387 e. The lowest BCUT2D eigenvalue weighted by Crippen LogP contribution is -2.21. The van der Waals surface area contributed by atoms with Gasteiger partial charge in [-0.3, -0.25) is 4.79 Å². The van der Waals surface area contributed by atoms with Gasteiger partial charge in [-0.1, -0.05) is 12.1 Å². The number of rotatable bonds is 7. The van der Waals surface area contributed by atoms with Crippen molar-refractivity contribution in [1.29, 1.82) is 0 Å². The Kier molecular flexibility index (Phi) is 5.83. The number of alkyl halides is 2. The van der Waals surface area contributed by atoms with Crippen LogP contribution in [0.25, 0.3) is 11.0 Å². The lowest BCUT2D eigenvalue weighted by molar-refractivity contribution is -0.120. The molecule has 0 unspecified atom stereocenters. The molecule has 28 heavy (non-hydrogen) atoms. The largest absolute Gasteiger partial charge is 0.493 e. The quantitative estimate of drug-likeness (QED) is 0.499. The first-order valence-electron chi connectivity index (χ1n) is 8.33. The molecule has 9 heteroatoms. The molecule has 1 heterocycles. The Balaban J connectivity index is 1.63. The molecule has 2 aromatic carbocycles. The van der Waals surface area contributed by atoms with E-state index < -0.39 is 6.61 Å². The van der Waals surface area contributed by atoms with Gasteiger partial charge in [-0.2, -0.15) is 13.9 Å². The summed E-state index contributed by atoms with van der Waals surface area (Å²) < 4.78 is 35.9. The molecule has 0 fully saturated rings. The monoisotopic (exact) mass is 388 g/mol. The van der Waals surface area contributed by atoms with Gasteiger partial charge in [0, 0.05) is 7.05 Å². The number of hydrogen-bond donors (Lipinski definition) is 1. The van der Waals surface area contributed by atoms with Crippen LogP contribution in [0.2, 0.25) is 0 Å². The van der Waals surface area contributed by atoms with Crippen LogP contribution in [-0.4, -0.2) is 35.4 Å². The summed E-state index contributed by atoms with van der Waals surface area (Å²) in [4.78, 5) is 16.6. The van der Waals surface area contributed by atoms with E-state index in [1.165, 1.54) is 31.5 Å². The number of ether oxygens (including phenoxy) is 2. The first kappa shape index (κ1) is 19.3. The fraction of sp³-hybridized carbons (Fsp3) is 0.211. The average Bonchev–Trinajstić information content (AvgIpc) is 2.98. The van der Waals surface area contributed by atoms with E-state index in [-0.39, 0.29) is 23.8 Å². The van der Waals surface area contributed by atoms with Crippen molar-refractivity contribution in [2.45, 2.75) is 13.0 Å². The van der Waals surface area contributed by atoms with Crippen molar-refractivity contribution in [3.63, 3.8) is 0 Å². The second-order valence-corrected chi connectivity index (χ2v) is 5.83. The van der Waals surface area contributed by atoms with Crippen molar-refractivity contribution < 1.29 is 23.0 Å². The summed E-state index contributed by atoms with van der Waals surface area (Å²) in [6.07, 6.45) is 1.44. The summed E-state index contributed by atoms with van der Waals surface area (Å²) in [6, 6.07) is 11.9. The Morgan fingerprint density at radius 1 is 1.29 bits per heavy atom. The van der Waals surface area contributed by atoms with Gasteiger partial charge in [0.1, 0.15) is 5.82 Å². The van der Waals surface area contributed by atoms with E-state index in [1.54, 1.807) is 0 Å². The van der Waals surface area contributed by atoms with Gasteiger partial charge >= 0.3 is 6.61 Å². The number of carbonyl (C=O) groups excluding carboxylic acids is 1. The minimum Gasteiger partial charge on any atom is -0.493 e. The smallest absolute Gasteiger partial charge is 0.387 e. The Morgan fingerprint density at radius 3 is 2.79 bits per heavy atom. The number of halogens is 2. The number of amides is 1. The van der Waals surface area contributed by atoms with Gasteiger partial charge in [0.05, 0.1) is 30.8 Å². The minimum absolute atomic E-state index is 0.0625. The summed E-state index contributed by atoms with van der Waals surface area (Å²) in [6.45, 7) is -2.95. The lowest BCUT2D eigenvalue weighted by atomic mass is 10.2. The summed E-state index contributed by atoms with van der Waals surface area (Å²) in [7, 11) is 3.18. The third kappa shape index (κ3) is 4.43. The Morgan fingerprint density at radius 2 is 2.07 bits per heavy atom. The van der Waals surface area contributed by atoms with E-state index in [4.69, 9.17) is 4.74 Å². The van der Waals surface area contributed by atoms with Crippen molar-refractivity contribution >= 4 is 23.2 Å². The molecule has 1 aromatic heterocycles. The molecule has 1 amide bonds. The molecule has 146 valence electrons. The van der Waals surface area contributed by atoms with Crippen LogP contribution in [0, 0.1) is 0 Å². The fourth-order valence-electron chi connectivity index (χ4n) is 2.67. The minimum atomic E-state index is -2.95. The Bertz CT molecular complexity index is 1020. The van der Waals surface area contributed by atoms with Crippen LogP contribution in [0.4, 0.5) is 8.78 Å². The number of aryl methyl sites for hydroxylation is 1. The second kappa shape index (κ2) is 8.47. The number of nitrogens with zero attached hydrogens (tertiary/aromatic N) is 3. The van der Waals surface area contributed by atoms with Crippen molar-refractivity contribution in [1.82, 2.24) is 15.0 Å². The summed E-state index contributed by atoms with van der Waals surface area (Å²) in [5, 5.41) is 3.88. The number of imidazole rings is 1. The predicted octanol–water partition coefficient (Wildman–Crippen LogP) is 2.88. The van der Waals surface area contributed by atoms with Gasteiger partial charge < -0.3 is 14.0 Å². The summed E-state index contributed by atoms with van der Waals surface area (Å²) >= 11 is 0. The first-order valence-corrected chi connectivity index (χ1v) is 8.33. The molecule has 7 nitrogen and oxygen atoms in total. The maximum atomic E-state index is 12.3. The number of carbonyl (C=O) groups is 1. The molecule has 0 bridgehead atoms. The van der Waals surface area contributed by atoms with Crippen LogP contribution in [0.1, 0.15) is 11.4 Å². The van der Waals surface area contributed by atoms with Crippen LogP contribution in [-0.2, 0) is 18.3 Å². The van der Waals surface area contributed by atoms with E-state index in [9.17, 15) is 13.6 Å². The zero-order valence-corrected chi connectivity index (χ0v) is 15.2. The van der Waals surface area contributed by atoms with Gasteiger partial charge in [-0.05, 0) is 35.9 Å². The molecular weight excluding hydrogens is 370 g/mol. The van der Waals surface area contributed by atoms with Gasteiger partial charge in [0.25, 0.3) is 0 Å². The van der Waals surface area contributed by atoms with Crippen LogP contribution in [0.5, 0.6) is 11.5 Å². The molecule has 0 aliphatic heterocycles. The molecule has 0 spiro atoms. The van der Waals surface area contributed by atoms with Crippen LogP contribution in [0.15, 0.2) is 47.6 Å². The summed E-state index contributed by atoms with van der Waals surface area (Å²) in [5.41, 5.74) is 4.72. The zero-order valence-electron chi connectivity index (χ0n) is 15.2. The number of aromatic nitrogens is 2. The molecule has 0 aliphatic carbocycles. The second-order valence-electron chi connectivity index (χ2n) is 5.83. The normalized spacial score (nSPS) is 11.3. The van der Waals surface area contributed by atoms with Gasteiger partial charge in [-0.25, -0.2) is 10.4 Å². The van der Waals surface area contributed by atoms with Gasteiger partial charge in [-0.15, -0.1) is 0 Å².